The number of ether oxygens (including phenoxy) is 2. The number of hydrogen-bond donors (Lipinski definition) is 2. The second kappa shape index (κ2) is 11.0. The molecule has 206 valence electrons. The number of alkyl halides is 6. The monoisotopic (exact) mass is 539 g/mol. The number of hydrazine groups is 1. The molecule has 3 aliphatic heterocycles. The predicted molar refractivity (Wildman–Crippen MR) is 116 cm³/mol. The third kappa shape index (κ3) is 6.82. The fourth-order valence-electron chi connectivity index (χ4n) is 4.65. The number of piperazine rings is 1. The maximum Gasteiger partial charge on any atom is 0.417 e. The van der Waals surface area contributed by atoms with Gasteiger partial charge in [-0.2, -0.15) is 26.3 Å². The highest BCUT2D eigenvalue weighted by Crippen LogP contribution is 2.33. The third-order valence-corrected chi connectivity index (χ3v) is 6.65. The minimum Gasteiger partial charge on any atom is -0.373 e. The molecule has 0 saturated carbocycles. The van der Waals surface area contributed by atoms with Crippen molar-refractivity contribution in [1.29, 1.82) is 0 Å². The van der Waals surface area contributed by atoms with Crippen molar-refractivity contribution in [3.8, 4) is 0 Å². The van der Waals surface area contributed by atoms with Crippen LogP contribution in [0.4, 0.5) is 32.2 Å². The van der Waals surface area contributed by atoms with E-state index >= 15 is 0 Å². The van der Waals surface area contributed by atoms with Gasteiger partial charge < -0.3 is 19.3 Å². The molecule has 1 aromatic heterocycles. The van der Waals surface area contributed by atoms with E-state index in [0.29, 0.717) is 44.8 Å². The van der Waals surface area contributed by atoms with Gasteiger partial charge in [0.2, 0.25) is 11.8 Å². The van der Waals surface area contributed by atoms with E-state index in [1.54, 1.807) is 9.80 Å². The van der Waals surface area contributed by atoms with Crippen LogP contribution in [-0.2, 0) is 25.2 Å². The van der Waals surface area contributed by atoms with Gasteiger partial charge in [-0.15, -0.1) is 0 Å². The first-order valence-corrected chi connectivity index (χ1v) is 11.8. The molecule has 2 unspecified atom stereocenters. The van der Waals surface area contributed by atoms with Crippen molar-refractivity contribution in [3.05, 3.63) is 23.9 Å². The standard InChI is InChI=1S/C22H27F6N5O4/c23-21(24,25)13-1-4-17(29-10-13)32-5-7-33(8-6-32)18(34)9-14-2-3-15(37-14)12-36-16-11-30-31-20(35)19(16)22(26,27)28/h1,4,10,14-16,19,30H,2-3,5-9,11-12H2,(H,31,35)/t14-,15-,16?,19?/m0/s1. The number of pyridine rings is 1. The summed E-state index contributed by atoms with van der Waals surface area (Å²) in [4.78, 5) is 31.7. The lowest BCUT2D eigenvalue weighted by Crippen LogP contribution is -2.60. The first-order chi connectivity index (χ1) is 17.4. The van der Waals surface area contributed by atoms with Crippen LogP contribution < -0.4 is 15.8 Å². The summed E-state index contributed by atoms with van der Waals surface area (Å²) in [7, 11) is 0. The SMILES string of the molecule is O=C1NNCC(OC[C@@H]2CC[C@@H](CC(=O)N3CCN(c4ccc(C(F)(F)F)cn4)CC3)O2)C1C(F)(F)F. The Balaban J connectivity index is 1.20. The van der Waals surface area contributed by atoms with Crippen LogP contribution in [0.1, 0.15) is 24.8 Å². The average molecular weight is 539 g/mol. The van der Waals surface area contributed by atoms with E-state index in [-0.39, 0.29) is 25.5 Å². The molecule has 0 radical (unpaired) electrons. The summed E-state index contributed by atoms with van der Waals surface area (Å²) in [5.74, 6) is -3.21. The molecule has 9 nitrogen and oxygen atoms in total. The molecule has 3 fully saturated rings. The number of aromatic nitrogens is 1. The average Bonchev–Trinajstić information content (AvgIpc) is 3.28. The molecule has 4 heterocycles. The van der Waals surface area contributed by atoms with Crippen LogP contribution in [-0.4, -0.2) is 85.5 Å². The van der Waals surface area contributed by atoms with Crippen molar-refractivity contribution in [2.24, 2.45) is 5.92 Å². The van der Waals surface area contributed by atoms with Crippen LogP contribution in [0.5, 0.6) is 0 Å². The summed E-state index contributed by atoms with van der Waals surface area (Å²) in [6, 6.07) is 2.28. The van der Waals surface area contributed by atoms with Gasteiger partial charge in [-0.25, -0.2) is 10.4 Å². The number of anilines is 1. The molecule has 2 N–H and O–H groups in total. The lowest BCUT2D eigenvalue weighted by Gasteiger charge is -2.36. The molecule has 0 aliphatic carbocycles. The highest BCUT2D eigenvalue weighted by molar-refractivity contribution is 5.80. The van der Waals surface area contributed by atoms with E-state index < -0.39 is 48.1 Å². The van der Waals surface area contributed by atoms with E-state index in [1.807, 2.05) is 5.43 Å². The summed E-state index contributed by atoms with van der Waals surface area (Å²) < 4.78 is 89.0. The maximum absolute atomic E-state index is 13.2. The summed E-state index contributed by atoms with van der Waals surface area (Å²) in [6.07, 6.45) is -9.53. The molecular weight excluding hydrogens is 512 g/mol. The highest BCUT2D eigenvalue weighted by atomic mass is 19.4. The van der Waals surface area contributed by atoms with Gasteiger partial charge in [0.1, 0.15) is 5.82 Å². The Morgan fingerprint density at radius 1 is 1.08 bits per heavy atom. The van der Waals surface area contributed by atoms with Gasteiger partial charge in [0, 0.05) is 38.9 Å². The van der Waals surface area contributed by atoms with E-state index in [9.17, 15) is 35.9 Å². The Morgan fingerprint density at radius 3 is 2.41 bits per heavy atom. The molecule has 0 bridgehead atoms. The van der Waals surface area contributed by atoms with Crippen LogP contribution >= 0.6 is 0 Å². The zero-order valence-electron chi connectivity index (χ0n) is 19.6. The topological polar surface area (TPSA) is 96.0 Å². The van der Waals surface area contributed by atoms with Crippen molar-refractivity contribution in [1.82, 2.24) is 20.7 Å². The Labute approximate surface area is 208 Å². The molecule has 0 spiro atoms. The number of rotatable bonds is 6. The molecule has 37 heavy (non-hydrogen) atoms. The van der Waals surface area contributed by atoms with Crippen molar-refractivity contribution in [3.63, 3.8) is 0 Å². The molecule has 3 saturated heterocycles. The van der Waals surface area contributed by atoms with Crippen molar-refractivity contribution < 1.29 is 45.4 Å². The Hall–Kier alpha value is -2.65. The van der Waals surface area contributed by atoms with E-state index in [0.717, 1.165) is 12.3 Å². The highest BCUT2D eigenvalue weighted by Gasteiger charge is 2.52. The molecule has 3 aliphatic rings. The molecule has 4 atom stereocenters. The van der Waals surface area contributed by atoms with Gasteiger partial charge in [-0.05, 0) is 25.0 Å². The quantitative estimate of drug-likeness (QED) is 0.534. The first-order valence-electron chi connectivity index (χ1n) is 11.8. The van der Waals surface area contributed by atoms with E-state index in [4.69, 9.17) is 9.47 Å². The molecule has 4 rings (SSSR count). The summed E-state index contributed by atoms with van der Waals surface area (Å²) in [5, 5.41) is 0. The minimum atomic E-state index is -4.74. The Morgan fingerprint density at radius 2 is 1.78 bits per heavy atom. The van der Waals surface area contributed by atoms with Crippen molar-refractivity contribution in [2.45, 2.75) is 49.9 Å². The van der Waals surface area contributed by atoms with Crippen LogP contribution in [0.25, 0.3) is 0 Å². The van der Waals surface area contributed by atoms with Gasteiger partial charge in [0.15, 0.2) is 5.92 Å². The van der Waals surface area contributed by atoms with Gasteiger partial charge in [0.05, 0.1) is 36.9 Å². The second-order valence-corrected chi connectivity index (χ2v) is 9.19. The molecule has 0 aromatic carbocycles. The number of nitrogens with zero attached hydrogens (tertiary/aromatic N) is 3. The fourth-order valence-corrected chi connectivity index (χ4v) is 4.65. The first kappa shape index (κ1) is 27.4. The predicted octanol–water partition coefficient (Wildman–Crippen LogP) is 1.88. The van der Waals surface area contributed by atoms with E-state index in [1.165, 1.54) is 6.07 Å². The number of hydrogen-bond acceptors (Lipinski definition) is 7. The van der Waals surface area contributed by atoms with Gasteiger partial charge in [-0.3, -0.25) is 15.0 Å². The van der Waals surface area contributed by atoms with Crippen molar-refractivity contribution >= 4 is 17.6 Å². The second-order valence-electron chi connectivity index (χ2n) is 9.19. The maximum atomic E-state index is 13.2. The van der Waals surface area contributed by atoms with Gasteiger partial charge in [0.25, 0.3) is 0 Å². The lowest BCUT2D eigenvalue weighted by molar-refractivity contribution is -0.215. The summed E-state index contributed by atoms with van der Waals surface area (Å²) in [6.45, 7) is 1.24. The van der Waals surface area contributed by atoms with Crippen LogP contribution in [0, 0.1) is 5.92 Å². The third-order valence-electron chi connectivity index (χ3n) is 6.65. The van der Waals surface area contributed by atoms with Gasteiger partial charge >= 0.3 is 12.4 Å². The number of nitrogens with one attached hydrogen (secondary N) is 2. The smallest absolute Gasteiger partial charge is 0.373 e. The zero-order chi connectivity index (χ0) is 26.8. The van der Waals surface area contributed by atoms with Gasteiger partial charge in [-0.1, -0.05) is 0 Å². The molecule has 15 heteroatoms. The number of halogens is 6. The van der Waals surface area contributed by atoms with Crippen LogP contribution in [0.3, 0.4) is 0 Å². The summed E-state index contributed by atoms with van der Waals surface area (Å²) in [5.41, 5.74) is 3.53. The number of carbonyl (C=O) groups is 2. The number of carbonyl (C=O) groups excluding carboxylic acids is 2. The molecular formula is C22H27F6N5O4. The molecule has 1 aromatic rings. The summed E-state index contributed by atoms with van der Waals surface area (Å²) >= 11 is 0. The number of amides is 2. The zero-order valence-corrected chi connectivity index (χ0v) is 19.6. The molecule has 2 amide bonds. The Kier molecular flexibility index (Phi) is 8.14. The fraction of sp³-hybridized carbons (Fsp3) is 0.682. The largest absolute Gasteiger partial charge is 0.417 e. The normalized spacial score (nSPS) is 27.4. The van der Waals surface area contributed by atoms with E-state index in [2.05, 4.69) is 10.4 Å². The Bertz CT molecular complexity index is 952. The van der Waals surface area contributed by atoms with Crippen molar-refractivity contribution in [2.75, 3.05) is 44.2 Å². The van der Waals surface area contributed by atoms with Crippen LogP contribution in [0.2, 0.25) is 0 Å². The lowest BCUT2D eigenvalue weighted by atomic mass is 9.99. The van der Waals surface area contributed by atoms with Crippen LogP contribution in [0.15, 0.2) is 18.3 Å². The minimum absolute atomic E-state index is 0.105.